The van der Waals surface area contributed by atoms with E-state index in [4.69, 9.17) is 0 Å². The first-order chi connectivity index (χ1) is 9.56. The molecule has 1 aliphatic rings. The SMILES string of the molecule is CC(CS)C(=O)N1C(c2ccccc2)SC[C@H]1C(=O)O. The molecule has 1 N–H and O–H groups in total. The van der Waals surface area contributed by atoms with Crippen LogP contribution in [0.15, 0.2) is 30.3 Å². The van der Waals surface area contributed by atoms with Crippen molar-refractivity contribution < 1.29 is 14.7 Å². The molecule has 4 nitrogen and oxygen atoms in total. The van der Waals surface area contributed by atoms with Crippen LogP contribution in [0, 0.1) is 5.92 Å². The standard InChI is InChI=1S/C14H17NO3S2/c1-9(7-19)12(16)15-11(14(17)18)8-20-13(15)10-5-3-2-4-6-10/h2-6,9,11,13,19H,7-8H2,1H3,(H,17,18)/t9?,11-,13?/m0/s1. The predicted molar refractivity (Wildman–Crippen MR) is 82.9 cm³/mol. The molecule has 0 aliphatic carbocycles. The predicted octanol–water partition coefficient (Wildman–Crippen LogP) is 2.28. The summed E-state index contributed by atoms with van der Waals surface area (Å²) in [7, 11) is 0. The van der Waals surface area contributed by atoms with Gasteiger partial charge in [0.15, 0.2) is 0 Å². The number of carbonyl (C=O) groups excluding carboxylic acids is 1. The molecule has 0 bridgehead atoms. The third kappa shape index (κ3) is 2.96. The second-order valence-corrected chi connectivity index (χ2v) is 6.26. The maximum absolute atomic E-state index is 12.5. The quantitative estimate of drug-likeness (QED) is 0.838. The first kappa shape index (κ1) is 15.3. The van der Waals surface area contributed by atoms with Crippen LogP contribution in [-0.4, -0.2) is 39.4 Å². The van der Waals surface area contributed by atoms with Crippen molar-refractivity contribution in [2.24, 2.45) is 5.92 Å². The topological polar surface area (TPSA) is 57.6 Å². The van der Waals surface area contributed by atoms with Crippen LogP contribution in [-0.2, 0) is 9.59 Å². The number of carboxylic acid groups (broad SMARTS) is 1. The van der Waals surface area contributed by atoms with E-state index < -0.39 is 12.0 Å². The molecule has 108 valence electrons. The van der Waals surface area contributed by atoms with Gasteiger partial charge < -0.3 is 10.0 Å². The van der Waals surface area contributed by atoms with Gasteiger partial charge in [-0.3, -0.25) is 4.79 Å². The Balaban J connectivity index is 2.32. The molecule has 0 saturated carbocycles. The number of rotatable bonds is 4. The number of carboxylic acids is 1. The summed E-state index contributed by atoms with van der Waals surface area (Å²) in [5.41, 5.74) is 0.959. The van der Waals surface area contributed by atoms with Crippen molar-refractivity contribution in [3.05, 3.63) is 35.9 Å². The Labute approximate surface area is 128 Å². The molecule has 0 radical (unpaired) electrons. The second-order valence-electron chi connectivity index (χ2n) is 4.78. The zero-order valence-electron chi connectivity index (χ0n) is 11.1. The molecule has 1 aliphatic heterocycles. The fraction of sp³-hybridized carbons (Fsp3) is 0.429. The minimum absolute atomic E-state index is 0.147. The summed E-state index contributed by atoms with van der Waals surface area (Å²) in [5.74, 6) is -0.555. The number of thiol groups is 1. The van der Waals surface area contributed by atoms with Gasteiger partial charge in [-0.05, 0) is 5.56 Å². The molecule has 2 unspecified atom stereocenters. The normalized spacial score (nSPS) is 23.6. The van der Waals surface area contributed by atoms with E-state index >= 15 is 0 Å². The zero-order valence-corrected chi connectivity index (χ0v) is 12.8. The summed E-state index contributed by atoms with van der Waals surface area (Å²) in [6.07, 6.45) is 0. The van der Waals surface area contributed by atoms with Crippen molar-refractivity contribution >= 4 is 36.3 Å². The van der Waals surface area contributed by atoms with Gasteiger partial charge >= 0.3 is 5.97 Å². The summed E-state index contributed by atoms with van der Waals surface area (Å²) < 4.78 is 0. The summed E-state index contributed by atoms with van der Waals surface area (Å²) in [6.45, 7) is 1.78. The van der Waals surface area contributed by atoms with E-state index in [1.54, 1.807) is 6.92 Å². The van der Waals surface area contributed by atoms with Crippen LogP contribution in [0.3, 0.4) is 0 Å². The number of hydrogen-bond donors (Lipinski definition) is 2. The van der Waals surface area contributed by atoms with E-state index in [9.17, 15) is 14.7 Å². The van der Waals surface area contributed by atoms with E-state index in [1.807, 2.05) is 30.3 Å². The van der Waals surface area contributed by atoms with Crippen molar-refractivity contribution in [2.45, 2.75) is 18.3 Å². The molecule has 2 rings (SSSR count). The Hall–Kier alpha value is -1.14. The van der Waals surface area contributed by atoms with Crippen molar-refractivity contribution in [3.8, 4) is 0 Å². The maximum atomic E-state index is 12.5. The summed E-state index contributed by atoms with van der Waals surface area (Å²) in [5, 5.41) is 9.10. The van der Waals surface area contributed by atoms with Crippen LogP contribution in [0.2, 0.25) is 0 Å². The van der Waals surface area contributed by atoms with Gasteiger partial charge in [-0.2, -0.15) is 12.6 Å². The number of aliphatic carboxylic acids is 1. The number of amides is 1. The van der Waals surface area contributed by atoms with E-state index in [1.165, 1.54) is 16.7 Å². The van der Waals surface area contributed by atoms with Gasteiger partial charge in [0.1, 0.15) is 11.4 Å². The molecule has 3 atom stereocenters. The molecule has 6 heteroatoms. The van der Waals surface area contributed by atoms with Crippen molar-refractivity contribution in [1.29, 1.82) is 0 Å². The van der Waals surface area contributed by atoms with E-state index in [0.29, 0.717) is 11.5 Å². The minimum atomic E-state index is -0.948. The van der Waals surface area contributed by atoms with Gasteiger partial charge in [0.05, 0.1) is 0 Å². The molecule has 1 saturated heterocycles. The summed E-state index contributed by atoms with van der Waals surface area (Å²) in [4.78, 5) is 25.4. The lowest BCUT2D eigenvalue weighted by Crippen LogP contribution is -2.45. The van der Waals surface area contributed by atoms with Gasteiger partial charge in [-0.1, -0.05) is 37.3 Å². The van der Waals surface area contributed by atoms with Crippen LogP contribution >= 0.6 is 24.4 Å². The summed E-state index contributed by atoms with van der Waals surface area (Å²) in [6, 6.07) is 8.78. The number of nitrogens with zero attached hydrogens (tertiary/aromatic N) is 1. The monoisotopic (exact) mass is 311 g/mol. The highest BCUT2D eigenvalue weighted by Crippen LogP contribution is 2.42. The van der Waals surface area contributed by atoms with Crippen LogP contribution < -0.4 is 0 Å². The van der Waals surface area contributed by atoms with Crippen LogP contribution in [0.25, 0.3) is 0 Å². The van der Waals surface area contributed by atoms with Crippen LogP contribution in [0.1, 0.15) is 17.9 Å². The second kappa shape index (κ2) is 6.54. The summed E-state index contributed by atoms with van der Waals surface area (Å²) >= 11 is 5.64. The fourth-order valence-corrected chi connectivity index (χ4v) is 3.76. The number of carbonyl (C=O) groups is 2. The van der Waals surface area contributed by atoms with Crippen molar-refractivity contribution in [1.82, 2.24) is 4.90 Å². The Kier molecular flexibility index (Phi) is 4.99. The van der Waals surface area contributed by atoms with E-state index in [-0.39, 0.29) is 17.2 Å². The third-order valence-electron chi connectivity index (χ3n) is 3.32. The van der Waals surface area contributed by atoms with Crippen molar-refractivity contribution in [2.75, 3.05) is 11.5 Å². The van der Waals surface area contributed by atoms with E-state index in [2.05, 4.69) is 12.6 Å². The fourth-order valence-electron chi connectivity index (χ4n) is 2.17. The highest BCUT2D eigenvalue weighted by atomic mass is 32.2. The maximum Gasteiger partial charge on any atom is 0.327 e. The largest absolute Gasteiger partial charge is 0.480 e. The molecular formula is C14H17NO3S2. The van der Waals surface area contributed by atoms with Crippen LogP contribution in [0.4, 0.5) is 0 Å². The molecule has 1 aromatic carbocycles. The smallest absolute Gasteiger partial charge is 0.327 e. The zero-order chi connectivity index (χ0) is 14.7. The van der Waals surface area contributed by atoms with Crippen molar-refractivity contribution in [3.63, 3.8) is 0 Å². The number of thioether (sulfide) groups is 1. The lowest BCUT2D eigenvalue weighted by Gasteiger charge is -2.29. The number of benzene rings is 1. The van der Waals surface area contributed by atoms with Crippen LogP contribution in [0.5, 0.6) is 0 Å². The molecule has 1 aromatic rings. The molecule has 1 heterocycles. The average Bonchev–Trinajstić information content (AvgIpc) is 2.91. The average molecular weight is 311 g/mol. The first-order valence-electron chi connectivity index (χ1n) is 6.38. The van der Waals surface area contributed by atoms with Gasteiger partial charge in [-0.25, -0.2) is 4.79 Å². The van der Waals surface area contributed by atoms with Gasteiger partial charge in [0, 0.05) is 17.4 Å². The lowest BCUT2D eigenvalue weighted by molar-refractivity contribution is -0.150. The highest BCUT2D eigenvalue weighted by Gasteiger charge is 2.43. The Morgan fingerprint density at radius 2 is 2.10 bits per heavy atom. The minimum Gasteiger partial charge on any atom is -0.480 e. The molecule has 20 heavy (non-hydrogen) atoms. The Bertz CT molecular complexity index is 494. The molecule has 0 spiro atoms. The van der Waals surface area contributed by atoms with Gasteiger partial charge in [-0.15, -0.1) is 11.8 Å². The number of hydrogen-bond acceptors (Lipinski definition) is 4. The third-order valence-corrected chi connectivity index (χ3v) is 5.19. The lowest BCUT2D eigenvalue weighted by atomic mass is 10.1. The first-order valence-corrected chi connectivity index (χ1v) is 8.06. The van der Waals surface area contributed by atoms with Gasteiger partial charge in [0.25, 0.3) is 0 Å². The Morgan fingerprint density at radius 3 is 2.65 bits per heavy atom. The Morgan fingerprint density at radius 1 is 1.45 bits per heavy atom. The van der Waals surface area contributed by atoms with E-state index in [0.717, 1.165) is 5.56 Å². The van der Waals surface area contributed by atoms with Gasteiger partial charge in [0.2, 0.25) is 5.91 Å². The molecule has 1 fully saturated rings. The molecule has 1 amide bonds. The molecular weight excluding hydrogens is 294 g/mol. The molecule has 0 aromatic heterocycles. The highest BCUT2D eigenvalue weighted by molar-refractivity contribution is 7.99.